The summed E-state index contributed by atoms with van der Waals surface area (Å²) in [6.07, 6.45) is 0. The zero-order valence-electron chi connectivity index (χ0n) is 13.4. The topological polar surface area (TPSA) is 41.9 Å². The Balaban J connectivity index is 1.73. The van der Waals surface area contributed by atoms with Crippen molar-refractivity contribution in [3.8, 4) is 5.75 Å². The molecule has 1 unspecified atom stereocenters. The number of thioether (sulfide) groups is 1. The second-order valence-corrected chi connectivity index (χ2v) is 7.58. The van der Waals surface area contributed by atoms with Crippen LogP contribution >= 0.6 is 23.4 Å². The minimum absolute atomic E-state index is 0.00490. The van der Waals surface area contributed by atoms with E-state index in [0.717, 1.165) is 11.1 Å². The number of amidine groups is 1. The van der Waals surface area contributed by atoms with Gasteiger partial charge >= 0.3 is 0 Å². The summed E-state index contributed by atoms with van der Waals surface area (Å²) in [5, 5.41) is 1.27. The first-order valence-electron chi connectivity index (χ1n) is 8.06. The molecule has 2 aromatic rings. The smallest absolute Gasteiger partial charge is 0.239 e. The molecule has 3 heterocycles. The molecule has 0 radical (unpaired) electrons. The van der Waals surface area contributed by atoms with E-state index in [1.807, 2.05) is 12.1 Å². The lowest BCUT2D eigenvalue weighted by Crippen LogP contribution is -2.39. The van der Waals surface area contributed by atoms with Gasteiger partial charge in [-0.2, -0.15) is 0 Å². The van der Waals surface area contributed by atoms with Gasteiger partial charge in [0.1, 0.15) is 18.2 Å². The fourth-order valence-corrected chi connectivity index (χ4v) is 4.53. The van der Waals surface area contributed by atoms with Crippen molar-refractivity contribution in [1.29, 1.82) is 0 Å². The molecular weight excluding hydrogens is 375 g/mol. The maximum atomic E-state index is 13.8. The van der Waals surface area contributed by atoms with Crippen molar-refractivity contribution in [2.75, 3.05) is 12.4 Å². The average Bonchev–Trinajstić information content (AvgIpc) is 3.01. The third-order valence-corrected chi connectivity index (χ3v) is 5.85. The summed E-state index contributed by atoms with van der Waals surface area (Å²) in [4.78, 5) is 18.9. The lowest BCUT2D eigenvalue weighted by atomic mass is 9.91. The monoisotopic (exact) mass is 386 g/mol. The second kappa shape index (κ2) is 5.86. The van der Waals surface area contributed by atoms with E-state index in [1.54, 1.807) is 23.1 Å². The number of amides is 1. The van der Waals surface area contributed by atoms with Crippen molar-refractivity contribution in [3.63, 3.8) is 0 Å². The Kier molecular flexibility index (Phi) is 3.58. The summed E-state index contributed by atoms with van der Waals surface area (Å²) >= 11 is 7.43. The van der Waals surface area contributed by atoms with Crippen LogP contribution in [0, 0.1) is 5.82 Å². The number of nitrogens with zero attached hydrogens (tertiary/aromatic N) is 2. The van der Waals surface area contributed by atoms with Gasteiger partial charge < -0.3 is 4.74 Å². The molecule has 0 bridgehead atoms. The normalized spacial score (nSPS) is 21.0. The molecule has 130 valence electrons. The molecule has 1 fully saturated rings. The van der Waals surface area contributed by atoms with E-state index in [0.29, 0.717) is 39.6 Å². The molecule has 4 nitrogen and oxygen atoms in total. The van der Waals surface area contributed by atoms with E-state index in [9.17, 15) is 9.18 Å². The number of aliphatic imine (C=N–C) groups is 1. The number of halogens is 2. The van der Waals surface area contributed by atoms with Crippen LogP contribution in [0.15, 0.2) is 53.0 Å². The Bertz CT molecular complexity index is 1000. The summed E-state index contributed by atoms with van der Waals surface area (Å²) < 4.78 is 19.7. The van der Waals surface area contributed by atoms with Gasteiger partial charge in [-0.25, -0.2) is 9.38 Å². The van der Waals surface area contributed by atoms with Crippen LogP contribution in [0.1, 0.15) is 17.2 Å². The average molecular weight is 387 g/mol. The summed E-state index contributed by atoms with van der Waals surface area (Å²) in [5.74, 6) is 0.611. The Labute approximate surface area is 158 Å². The van der Waals surface area contributed by atoms with Gasteiger partial charge in [0, 0.05) is 16.2 Å². The lowest BCUT2D eigenvalue weighted by molar-refractivity contribution is -0.125. The standard InChI is InChI=1S/C19H12ClFN2O2S/c20-11-3-1-10(2-4-11)18-14-8-25-15-6-5-12(21)7-13(15)17(14)22-19-23(18)16(24)9-26-19/h1-7,18H,8-9H2. The number of ether oxygens (including phenoxy) is 1. The Morgan fingerprint density at radius 3 is 2.85 bits per heavy atom. The van der Waals surface area contributed by atoms with Crippen LogP contribution in [0.3, 0.4) is 0 Å². The number of fused-ring (bicyclic) bond motifs is 3. The molecular formula is C19H12ClFN2O2S. The van der Waals surface area contributed by atoms with E-state index in [4.69, 9.17) is 16.3 Å². The predicted molar refractivity (Wildman–Crippen MR) is 99.7 cm³/mol. The van der Waals surface area contributed by atoms with E-state index >= 15 is 0 Å². The number of hydrogen-bond donors (Lipinski definition) is 0. The lowest BCUT2D eigenvalue weighted by Gasteiger charge is -2.36. The summed E-state index contributed by atoms with van der Waals surface area (Å²) in [5.41, 5.74) is 3.09. The predicted octanol–water partition coefficient (Wildman–Crippen LogP) is 4.27. The van der Waals surface area contributed by atoms with E-state index in [2.05, 4.69) is 4.99 Å². The van der Waals surface area contributed by atoms with Gasteiger partial charge in [0.15, 0.2) is 5.17 Å². The molecule has 0 saturated carbocycles. The molecule has 3 aliphatic heterocycles. The fraction of sp³-hybridized carbons (Fsp3) is 0.158. The highest BCUT2D eigenvalue weighted by molar-refractivity contribution is 8.15. The maximum absolute atomic E-state index is 13.8. The van der Waals surface area contributed by atoms with Crippen LogP contribution < -0.4 is 4.74 Å². The SMILES string of the molecule is O=C1CSC2=NC3=C(COc4ccc(F)cc43)C(c3ccc(Cl)cc3)N12. The first-order chi connectivity index (χ1) is 12.6. The highest BCUT2D eigenvalue weighted by Crippen LogP contribution is 2.47. The summed E-state index contributed by atoms with van der Waals surface area (Å²) in [6.45, 7) is 0.298. The van der Waals surface area contributed by atoms with Gasteiger partial charge in [-0.15, -0.1) is 0 Å². The van der Waals surface area contributed by atoms with E-state index in [-0.39, 0.29) is 17.8 Å². The molecule has 1 atom stereocenters. The number of carbonyl (C=O) groups excluding carboxylic acids is 1. The number of carbonyl (C=O) groups is 1. The molecule has 0 N–H and O–H groups in total. The summed E-state index contributed by atoms with van der Waals surface area (Å²) in [7, 11) is 0. The molecule has 2 aromatic carbocycles. The first-order valence-corrected chi connectivity index (χ1v) is 9.43. The third-order valence-electron chi connectivity index (χ3n) is 4.67. The number of hydrogen-bond acceptors (Lipinski definition) is 4. The molecule has 3 aliphatic rings. The fourth-order valence-electron chi connectivity index (χ4n) is 3.51. The first kappa shape index (κ1) is 15.9. The molecule has 0 aromatic heterocycles. The molecule has 26 heavy (non-hydrogen) atoms. The number of benzene rings is 2. The van der Waals surface area contributed by atoms with Gasteiger partial charge in [-0.1, -0.05) is 35.5 Å². The van der Waals surface area contributed by atoms with Crippen LogP contribution in [-0.2, 0) is 4.79 Å². The highest BCUT2D eigenvalue weighted by Gasteiger charge is 2.43. The van der Waals surface area contributed by atoms with Crippen molar-refractivity contribution in [3.05, 3.63) is 70.0 Å². The van der Waals surface area contributed by atoms with Gasteiger partial charge in [-0.05, 0) is 35.9 Å². The molecule has 1 amide bonds. The van der Waals surface area contributed by atoms with Gasteiger partial charge in [0.05, 0.1) is 17.5 Å². The largest absolute Gasteiger partial charge is 0.488 e. The summed E-state index contributed by atoms with van der Waals surface area (Å²) in [6, 6.07) is 11.5. The van der Waals surface area contributed by atoms with Crippen molar-refractivity contribution in [1.82, 2.24) is 4.90 Å². The zero-order chi connectivity index (χ0) is 17.8. The van der Waals surface area contributed by atoms with Crippen molar-refractivity contribution in [2.45, 2.75) is 6.04 Å². The quantitative estimate of drug-likeness (QED) is 0.735. The Morgan fingerprint density at radius 1 is 1.23 bits per heavy atom. The van der Waals surface area contributed by atoms with Crippen LogP contribution in [0.2, 0.25) is 5.02 Å². The molecule has 0 aliphatic carbocycles. The number of rotatable bonds is 1. The van der Waals surface area contributed by atoms with Crippen LogP contribution in [0.4, 0.5) is 4.39 Å². The maximum Gasteiger partial charge on any atom is 0.239 e. The van der Waals surface area contributed by atoms with Gasteiger partial charge in [-0.3, -0.25) is 9.69 Å². The van der Waals surface area contributed by atoms with Crippen molar-refractivity contribution < 1.29 is 13.9 Å². The molecule has 1 saturated heterocycles. The van der Waals surface area contributed by atoms with Crippen LogP contribution in [0.5, 0.6) is 5.75 Å². The van der Waals surface area contributed by atoms with Gasteiger partial charge in [0.2, 0.25) is 5.91 Å². The van der Waals surface area contributed by atoms with E-state index in [1.165, 1.54) is 23.9 Å². The van der Waals surface area contributed by atoms with Crippen molar-refractivity contribution >= 4 is 40.1 Å². The minimum atomic E-state index is -0.345. The zero-order valence-corrected chi connectivity index (χ0v) is 15.0. The Hall–Kier alpha value is -2.31. The van der Waals surface area contributed by atoms with Crippen LogP contribution in [-0.4, -0.2) is 28.3 Å². The molecule has 5 rings (SSSR count). The Morgan fingerprint density at radius 2 is 2.04 bits per heavy atom. The molecule has 7 heteroatoms. The van der Waals surface area contributed by atoms with Crippen molar-refractivity contribution in [2.24, 2.45) is 4.99 Å². The third kappa shape index (κ3) is 2.36. The van der Waals surface area contributed by atoms with Gasteiger partial charge in [0.25, 0.3) is 0 Å². The highest BCUT2D eigenvalue weighted by atomic mass is 35.5. The second-order valence-electron chi connectivity index (χ2n) is 6.20. The van der Waals surface area contributed by atoms with E-state index < -0.39 is 0 Å². The molecule has 0 spiro atoms. The minimum Gasteiger partial charge on any atom is -0.488 e. The van der Waals surface area contributed by atoms with Crippen LogP contribution in [0.25, 0.3) is 5.70 Å².